The van der Waals surface area contributed by atoms with E-state index >= 15 is 0 Å². The monoisotopic (exact) mass is 371 g/mol. The van der Waals surface area contributed by atoms with E-state index in [1.807, 2.05) is 0 Å². The van der Waals surface area contributed by atoms with Gasteiger partial charge in [0, 0.05) is 32.7 Å². The summed E-state index contributed by atoms with van der Waals surface area (Å²) in [6.07, 6.45) is 2.20. The Bertz CT molecular complexity index is 701. The average molecular weight is 371 g/mol. The first-order valence-electron chi connectivity index (χ1n) is 7.96. The maximum Gasteiger partial charge on any atom is 0.238 e. The fraction of sp³-hybridized carbons (Fsp3) is 0.500. The highest BCUT2D eigenvalue weighted by Crippen LogP contribution is 2.08. The number of nitrogens with zero attached hydrogens (tertiary/aromatic N) is 3. The highest BCUT2D eigenvalue weighted by atomic mass is 32.2. The van der Waals surface area contributed by atoms with Crippen molar-refractivity contribution in [3.05, 3.63) is 35.6 Å². The van der Waals surface area contributed by atoms with Crippen LogP contribution >= 0.6 is 0 Å². The Morgan fingerprint density at radius 3 is 2.32 bits per heavy atom. The molecule has 1 aliphatic heterocycles. The molecule has 0 bridgehead atoms. The molecular weight excluding hydrogens is 349 g/mol. The van der Waals surface area contributed by atoms with Gasteiger partial charge in [-0.25, -0.2) is 12.8 Å². The molecule has 1 saturated heterocycles. The first-order chi connectivity index (χ1) is 11.8. The third-order valence-corrected chi connectivity index (χ3v) is 5.41. The second kappa shape index (κ2) is 8.39. The van der Waals surface area contributed by atoms with Crippen LogP contribution in [0.1, 0.15) is 5.56 Å². The maximum atomic E-state index is 12.9. The van der Waals surface area contributed by atoms with Crippen molar-refractivity contribution in [3.8, 4) is 0 Å². The summed E-state index contributed by atoms with van der Waals surface area (Å²) >= 11 is 0. The van der Waals surface area contributed by atoms with Gasteiger partial charge >= 0.3 is 0 Å². The van der Waals surface area contributed by atoms with Crippen LogP contribution in [0.4, 0.5) is 4.39 Å². The molecule has 0 unspecified atom stereocenters. The molecule has 1 fully saturated rings. The zero-order valence-electron chi connectivity index (χ0n) is 14.1. The summed E-state index contributed by atoms with van der Waals surface area (Å²) in [4.78, 5) is 26.2. The smallest absolute Gasteiger partial charge is 0.238 e. The Morgan fingerprint density at radius 1 is 1.20 bits per heavy atom. The minimum atomic E-state index is -3.55. The third kappa shape index (κ3) is 5.79. The summed E-state index contributed by atoms with van der Waals surface area (Å²) in [5, 5.41) is 0. The van der Waals surface area contributed by atoms with Crippen LogP contribution < -0.4 is 0 Å². The Morgan fingerprint density at radius 2 is 1.80 bits per heavy atom. The predicted molar refractivity (Wildman–Crippen MR) is 90.7 cm³/mol. The number of rotatable bonds is 7. The molecule has 0 saturated carbocycles. The standard InChI is InChI=1S/C16H22FN3O4S/c1-25(23,24)20(7-6-14-2-4-15(17)5-3-14)12-16(22)19-10-8-18(13-21)9-11-19/h2-5,13H,6-12H2,1H3. The maximum absolute atomic E-state index is 12.9. The van der Waals surface area contributed by atoms with Crippen LogP contribution in [0.15, 0.2) is 24.3 Å². The molecule has 0 aliphatic carbocycles. The quantitative estimate of drug-likeness (QED) is 0.629. The lowest BCUT2D eigenvalue weighted by molar-refractivity contribution is -0.135. The molecule has 1 aliphatic rings. The SMILES string of the molecule is CS(=O)(=O)N(CCc1ccc(F)cc1)CC(=O)N1CCN(C=O)CC1. The second-order valence-electron chi connectivity index (χ2n) is 6.00. The van der Waals surface area contributed by atoms with E-state index in [9.17, 15) is 22.4 Å². The van der Waals surface area contributed by atoms with Crippen molar-refractivity contribution in [1.29, 1.82) is 0 Å². The van der Waals surface area contributed by atoms with E-state index in [-0.39, 0.29) is 24.8 Å². The number of benzene rings is 1. The molecule has 1 heterocycles. The topological polar surface area (TPSA) is 78.0 Å². The van der Waals surface area contributed by atoms with Crippen molar-refractivity contribution in [2.75, 3.05) is 45.5 Å². The summed E-state index contributed by atoms with van der Waals surface area (Å²) in [6, 6.07) is 5.82. The largest absolute Gasteiger partial charge is 0.342 e. The van der Waals surface area contributed by atoms with Gasteiger partial charge in [-0.05, 0) is 24.1 Å². The van der Waals surface area contributed by atoms with Crippen LogP contribution in [0.2, 0.25) is 0 Å². The lowest BCUT2D eigenvalue weighted by Crippen LogP contribution is -2.51. The molecule has 2 amide bonds. The van der Waals surface area contributed by atoms with E-state index in [0.29, 0.717) is 32.6 Å². The molecule has 0 radical (unpaired) electrons. The Kier molecular flexibility index (Phi) is 6.49. The van der Waals surface area contributed by atoms with Crippen molar-refractivity contribution in [3.63, 3.8) is 0 Å². The first-order valence-corrected chi connectivity index (χ1v) is 9.81. The number of amides is 2. The van der Waals surface area contributed by atoms with Gasteiger partial charge in [-0.2, -0.15) is 4.31 Å². The van der Waals surface area contributed by atoms with Gasteiger partial charge in [0.25, 0.3) is 0 Å². The van der Waals surface area contributed by atoms with E-state index < -0.39 is 10.0 Å². The summed E-state index contributed by atoms with van der Waals surface area (Å²) in [5.41, 5.74) is 0.794. The van der Waals surface area contributed by atoms with Gasteiger partial charge in [0.2, 0.25) is 22.3 Å². The molecule has 1 aromatic carbocycles. The van der Waals surface area contributed by atoms with E-state index in [1.54, 1.807) is 21.9 Å². The highest BCUT2D eigenvalue weighted by molar-refractivity contribution is 7.88. The van der Waals surface area contributed by atoms with Gasteiger partial charge in [0.1, 0.15) is 5.82 Å². The van der Waals surface area contributed by atoms with Crippen LogP contribution in [0, 0.1) is 5.82 Å². The second-order valence-corrected chi connectivity index (χ2v) is 7.98. The molecule has 25 heavy (non-hydrogen) atoms. The fourth-order valence-electron chi connectivity index (χ4n) is 2.59. The normalized spacial score (nSPS) is 15.5. The van der Waals surface area contributed by atoms with Crippen molar-refractivity contribution in [2.24, 2.45) is 0 Å². The summed E-state index contributed by atoms with van der Waals surface area (Å²) < 4.78 is 38.0. The number of piperazine rings is 1. The van der Waals surface area contributed by atoms with Gasteiger partial charge in [-0.15, -0.1) is 0 Å². The van der Waals surface area contributed by atoms with Crippen LogP contribution in [-0.2, 0) is 26.0 Å². The first kappa shape index (κ1) is 19.3. The zero-order chi connectivity index (χ0) is 18.4. The zero-order valence-corrected chi connectivity index (χ0v) is 14.9. The van der Waals surface area contributed by atoms with Gasteiger partial charge in [-0.3, -0.25) is 9.59 Å². The molecule has 0 atom stereocenters. The van der Waals surface area contributed by atoms with Gasteiger partial charge in [-0.1, -0.05) is 12.1 Å². The molecule has 7 nitrogen and oxygen atoms in total. The van der Waals surface area contributed by atoms with E-state index in [1.165, 1.54) is 12.1 Å². The third-order valence-electron chi connectivity index (χ3n) is 4.16. The highest BCUT2D eigenvalue weighted by Gasteiger charge is 2.25. The molecular formula is C16H22FN3O4S. The van der Waals surface area contributed by atoms with Crippen molar-refractivity contribution in [1.82, 2.24) is 14.1 Å². The fourth-order valence-corrected chi connectivity index (χ4v) is 3.36. The predicted octanol–water partition coefficient (Wildman–Crippen LogP) is -0.0696. The lowest BCUT2D eigenvalue weighted by atomic mass is 10.1. The number of sulfonamides is 1. The van der Waals surface area contributed by atoms with E-state index in [2.05, 4.69) is 0 Å². The molecule has 2 rings (SSSR count). The average Bonchev–Trinajstić information content (AvgIpc) is 2.59. The van der Waals surface area contributed by atoms with Crippen LogP contribution in [0.5, 0.6) is 0 Å². The van der Waals surface area contributed by atoms with Crippen molar-refractivity contribution < 1.29 is 22.4 Å². The molecule has 0 spiro atoms. The number of carbonyl (C=O) groups is 2. The van der Waals surface area contributed by atoms with Gasteiger partial charge in [0.05, 0.1) is 12.8 Å². The minimum absolute atomic E-state index is 0.143. The number of carbonyl (C=O) groups excluding carboxylic acids is 2. The van der Waals surface area contributed by atoms with Crippen LogP contribution in [-0.4, -0.2) is 80.4 Å². The van der Waals surface area contributed by atoms with Crippen LogP contribution in [0.25, 0.3) is 0 Å². The van der Waals surface area contributed by atoms with Crippen LogP contribution in [0.3, 0.4) is 0 Å². The van der Waals surface area contributed by atoms with E-state index in [4.69, 9.17) is 0 Å². The molecule has 0 N–H and O–H groups in total. The Balaban J connectivity index is 1.94. The summed E-state index contributed by atoms with van der Waals surface area (Å²) in [7, 11) is -3.55. The van der Waals surface area contributed by atoms with Gasteiger partial charge < -0.3 is 9.80 Å². The molecule has 138 valence electrons. The van der Waals surface area contributed by atoms with Gasteiger partial charge in [0.15, 0.2) is 0 Å². The van der Waals surface area contributed by atoms with Crippen molar-refractivity contribution >= 4 is 22.3 Å². The molecule has 9 heteroatoms. The van der Waals surface area contributed by atoms with E-state index in [0.717, 1.165) is 22.5 Å². The Hall–Kier alpha value is -2.00. The lowest BCUT2D eigenvalue weighted by Gasteiger charge is -2.33. The van der Waals surface area contributed by atoms with Crippen molar-refractivity contribution in [2.45, 2.75) is 6.42 Å². The molecule has 1 aromatic rings. The summed E-state index contributed by atoms with van der Waals surface area (Å²) in [6.45, 7) is 1.60. The minimum Gasteiger partial charge on any atom is -0.342 e. The number of hydrogen-bond acceptors (Lipinski definition) is 4. The number of halogens is 1. The number of hydrogen-bond donors (Lipinski definition) is 0. The Labute approximate surface area is 147 Å². The summed E-state index contributed by atoms with van der Waals surface area (Å²) in [5.74, 6) is -0.636. The molecule has 0 aromatic heterocycles.